The third-order valence-electron chi connectivity index (χ3n) is 3.20. The number of nitrogens with zero attached hydrogens (tertiary/aromatic N) is 2. The highest BCUT2D eigenvalue weighted by Gasteiger charge is 2.05. The van der Waals surface area contributed by atoms with Gasteiger partial charge in [-0.25, -0.2) is 0 Å². The van der Waals surface area contributed by atoms with Crippen LogP contribution >= 0.6 is 11.6 Å². The fourth-order valence-electron chi connectivity index (χ4n) is 2.04. The van der Waals surface area contributed by atoms with Gasteiger partial charge >= 0.3 is 0 Å². The minimum atomic E-state index is 0.535. The summed E-state index contributed by atoms with van der Waals surface area (Å²) in [5.41, 5.74) is 2.60. The van der Waals surface area contributed by atoms with Crippen molar-refractivity contribution in [1.29, 1.82) is 0 Å². The molecule has 0 aliphatic rings. The average Bonchev–Trinajstić information content (AvgIpc) is 2.82. The first kappa shape index (κ1) is 14.1. The predicted octanol–water partition coefficient (Wildman–Crippen LogP) is 3.30. The molecule has 0 aliphatic carbocycles. The second-order valence-electron chi connectivity index (χ2n) is 4.81. The lowest BCUT2D eigenvalue weighted by Gasteiger charge is -2.12. The van der Waals surface area contributed by atoms with Crippen molar-refractivity contribution in [2.75, 3.05) is 13.1 Å². The van der Waals surface area contributed by atoms with Gasteiger partial charge in [0.2, 0.25) is 0 Å². The van der Waals surface area contributed by atoms with Gasteiger partial charge in [0, 0.05) is 12.7 Å². The number of likely N-dealkylation sites (N-methyl/N-ethyl adjacent to an activating group) is 1. The van der Waals surface area contributed by atoms with Crippen LogP contribution in [0.25, 0.3) is 0 Å². The highest BCUT2D eigenvalue weighted by atomic mass is 35.5. The van der Waals surface area contributed by atoms with Crippen molar-refractivity contribution in [2.45, 2.75) is 26.3 Å². The molecule has 1 N–H and O–H groups in total. The maximum absolute atomic E-state index is 5.85. The van der Waals surface area contributed by atoms with Crippen LogP contribution in [0.5, 0.6) is 0 Å². The second kappa shape index (κ2) is 6.73. The number of nitrogens with one attached hydrogen (secondary N) is 1. The van der Waals surface area contributed by atoms with Crippen molar-refractivity contribution in [3.05, 3.63) is 52.8 Å². The molecule has 0 bridgehead atoms. The molecule has 1 unspecified atom stereocenters. The lowest BCUT2D eigenvalue weighted by molar-refractivity contribution is 0.634. The van der Waals surface area contributed by atoms with E-state index in [-0.39, 0.29) is 0 Å². The molecule has 0 fully saturated rings. The summed E-state index contributed by atoms with van der Waals surface area (Å²) in [6, 6.07) is 8.71. The van der Waals surface area contributed by atoms with E-state index in [0.717, 1.165) is 19.6 Å². The fourth-order valence-corrected chi connectivity index (χ4v) is 2.20. The van der Waals surface area contributed by atoms with E-state index in [2.05, 4.69) is 48.5 Å². The van der Waals surface area contributed by atoms with Gasteiger partial charge in [-0.2, -0.15) is 5.10 Å². The van der Waals surface area contributed by atoms with E-state index in [1.165, 1.54) is 11.1 Å². The van der Waals surface area contributed by atoms with E-state index in [1.54, 1.807) is 6.20 Å². The van der Waals surface area contributed by atoms with Gasteiger partial charge in [0.1, 0.15) is 0 Å². The van der Waals surface area contributed by atoms with Gasteiger partial charge in [0.25, 0.3) is 0 Å². The lowest BCUT2D eigenvalue weighted by Crippen LogP contribution is -2.19. The molecule has 4 heteroatoms. The molecule has 0 saturated carbocycles. The average molecular weight is 278 g/mol. The van der Waals surface area contributed by atoms with Crippen LogP contribution in [0.2, 0.25) is 5.02 Å². The molecule has 102 valence electrons. The largest absolute Gasteiger partial charge is 0.316 e. The molecule has 2 rings (SSSR count). The van der Waals surface area contributed by atoms with Gasteiger partial charge in [0.05, 0.1) is 17.8 Å². The third-order valence-corrected chi connectivity index (χ3v) is 3.39. The van der Waals surface area contributed by atoms with Crippen LogP contribution < -0.4 is 5.32 Å². The van der Waals surface area contributed by atoms with Crippen LogP contribution in [-0.2, 0) is 6.54 Å². The van der Waals surface area contributed by atoms with Crippen molar-refractivity contribution in [3.63, 3.8) is 0 Å². The smallest absolute Gasteiger partial charge is 0.0785 e. The Morgan fingerprint density at radius 2 is 2.05 bits per heavy atom. The van der Waals surface area contributed by atoms with E-state index in [1.807, 2.05) is 10.9 Å². The molecule has 2 aromatic rings. The van der Waals surface area contributed by atoms with Gasteiger partial charge in [0.15, 0.2) is 0 Å². The van der Waals surface area contributed by atoms with E-state index in [4.69, 9.17) is 11.6 Å². The summed E-state index contributed by atoms with van der Waals surface area (Å²) in [4.78, 5) is 0. The number of benzene rings is 1. The summed E-state index contributed by atoms with van der Waals surface area (Å²) in [5, 5.41) is 8.24. The summed E-state index contributed by atoms with van der Waals surface area (Å²) in [7, 11) is 0. The molecular formula is C15H20ClN3. The quantitative estimate of drug-likeness (QED) is 0.878. The zero-order valence-electron chi connectivity index (χ0n) is 11.4. The Bertz CT molecular complexity index is 504. The molecule has 3 nitrogen and oxygen atoms in total. The first-order chi connectivity index (χ1) is 9.19. The lowest BCUT2D eigenvalue weighted by atomic mass is 10.00. The van der Waals surface area contributed by atoms with Gasteiger partial charge in [-0.05, 0) is 23.6 Å². The Balaban J connectivity index is 1.98. The summed E-state index contributed by atoms with van der Waals surface area (Å²) in [6.45, 7) is 7.16. The molecule has 0 spiro atoms. The number of hydrogen-bond acceptors (Lipinski definition) is 2. The Morgan fingerprint density at radius 1 is 1.32 bits per heavy atom. The minimum Gasteiger partial charge on any atom is -0.316 e. The number of hydrogen-bond donors (Lipinski definition) is 1. The molecule has 1 aromatic heterocycles. The normalized spacial score (nSPS) is 12.6. The topological polar surface area (TPSA) is 29.9 Å². The minimum absolute atomic E-state index is 0.535. The summed E-state index contributed by atoms with van der Waals surface area (Å²) < 4.78 is 1.85. The highest BCUT2D eigenvalue weighted by Crippen LogP contribution is 2.16. The van der Waals surface area contributed by atoms with E-state index < -0.39 is 0 Å². The van der Waals surface area contributed by atoms with E-state index in [9.17, 15) is 0 Å². The first-order valence-corrected chi connectivity index (χ1v) is 7.04. The van der Waals surface area contributed by atoms with Crippen molar-refractivity contribution in [3.8, 4) is 0 Å². The summed E-state index contributed by atoms with van der Waals surface area (Å²) in [5.74, 6) is 0.535. The summed E-state index contributed by atoms with van der Waals surface area (Å²) >= 11 is 5.85. The Hall–Kier alpha value is -1.32. The molecule has 1 atom stereocenters. The monoisotopic (exact) mass is 277 g/mol. The molecule has 1 aromatic carbocycles. The van der Waals surface area contributed by atoms with Crippen molar-refractivity contribution >= 4 is 11.6 Å². The second-order valence-corrected chi connectivity index (χ2v) is 5.24. The van der Waals surface area contributed by atoms with Gasteiger partial charge in [-0.15, -0.1) is 0 Å². The van der Waals surface area contributed by atoms with Crippen molar-refractivity contribution in [2.24, 2.45) is 0 Å². The molecule has 19 heavy (non-hydrogen) atoms. The van der Waals surface area contributed by atoms with Crippen molar-refractivity contribution < 1.29 is 0 Å². The summed E-state index contributed by atoms with van der Waals surface area (Å²) in [6.07, 6.45) is 3.50. The van der Waals surface area contributed by atoms with Crippen LogP contribution in [0, 0.1) is 0 Å². The van der Waals surface area contributed by atoms with Crippen LogP contribution in [0.3, 0.4) is 0 Å². The predicted molar refractivity (Wildman–Crippen MR) is 79.7 cm³/mol. The van der Waals surface area contributed by atoms with Crippen LogP contribution in [0.1, 0.15) is 30.9 Å². The SMILES string of the molecule is CCNCC(C)c1ccc(Cn2cc(Cl)cn2)cc1. The van der Waals surface area contributed by atoms with E-state index >= 15 is 0 Å². The number of halogens is 1. The molecule has 0 saturated heterocycles. The Morgan fingerprint density at radius 3 is 2.63 bits per heavy atom. The van der Waals surface area contributed by atoms with E-state index in [0.29, 0.717) is 10.9 Å². The first-order valence-electron chi connectivity index (χ1n) is 6.66. The van der Waals surface area contributed by atoms with Gasteiger partial charge in [-0.1, -0.05) is 49.7 Å². The van der Waals surface area contributed by atoms with Gasteiger partial charge < -0.3 is 5.32 Å². The van der Waals surface area contributed by atoms with Crippen LogP contribution in [0.4, 0.5) is 0 Å². The maximum Gasteiger partial charge on any atom is 0.0785 e. The molecule has 0 radical (unpaired) electrons. The zero-order valence-corrected chi connectivity index (χ0v) is 12.2. The van der Waals surface area contributed by atoms with Crippen molar-refractivity contribution in [1.82, 2.24) is 15.1 Å². The number of aromatic nitrogens is 2. The Labute approximate surface area is 119 Å². The number of rotatable bonds is 6. The molecule has 1 heterocycles. The maximum atomic E-state index is 5.85. The Kier molecular flexibility index (Phi) is 5.00. The third kappa shape index (κ3) is 4.08. The van der Waals surface area contributed by atoms with Crippen LogP contribution in [0.15, 0.2) is 36.7 Å². The molecule has 0 aliphatic heterocycles. The molecular weight excluding hydrogens is 258 g/mol. The van der Waals surface area contributed by atoms with Crippen LogP contribution in [-0.4, -0.2) is 22.9 Å². The molecule has 0 amide bonds. The zero-order chi connectivity index (χ0) is 13.7. The van der Waals surface area contributed by atoms with Gasteiger partial charge in [-0.3, -0.25) is 4.68 Å². The standard InChI is InChI=1S/C15H20ClN3/c1-3-17-8-12(2)14-6-4-13(5-7-14)10-19-11-15(16)9-18-19/h4-7,9,11-12,17H,3,8,10H2,1-2H3. The fraction of sp³-hybridized carbons (Fsp3) is 0.400. The highest BCUT2D eigenvalue weighted by molar-refractivity contribution is 6.30.